The van der Waals surface area contributed by atoms with Crippen molar-refractivity contribution in [2.75, 3.05) is 11.6 Å². The first-order valence-corrected chi connectivity index (χ1v) is 12.9. The van der Waals surface area contributed by atoms with E-state index in [2.05, 4.69) is 31.2 Å². The summed E-state index contributed by atoms with van der Waals surface area (Å²) in [7, 11) is -3.92. The Morgan fingerprint density at radius 3 is 2.53 bits per heavy atom. The van der Waals surface area contributed by atoms with E-state index in [1.807, 2.05) is 0 Å². The lowest BCUT2D eigenvalue weighted by Gasteiger charge is -2.11. The maximum Gasteiger partial charge on any atom is 0.433 e. The standard InChI is InChI=1S/C18H15BrF3N5O2S3/c1-30-17-13(5-12(31-17)15(23)24)32(28,29)10-4-11(19)16(27-8-10)26-7-9-2-3-14(25-6-9)18(20,21)22/h2-6,8H,7H2,1H3,(H3,23,24)(H,26,27). The number of thioether (sulfide) groups is 1. The lowest BCUT2D eigenvalue weighted by Crippen LogP contribution is -2.09. The number of nitrogen functional groups attached to an aromatic ring is 1. The predicted octanol–water partition coefficient (Wildman–Crippen LogP) is 4.77. The maximum atomic E-state index is 13.1. The molecule has 0 bridgehead atoms. The van der Waals surface area contributed by atoms with Gasteiger partial charge >= 0.3 is 6.18 Å². The number of rotatable bonds is 7. The molecule has 3 heterocycles. The number of pyridine rings is 2. The Bertz CT molecular complexity index is 1260. The Kier molecular flexibility index (Phi) is 7.17. The number of amidine groups is 1. The highest BCUT2D eigenvalue weighted by molar-refractivity contribution is 9.10. The summed E-state index contributed by atoms with van der Waals surface area (Å²) in [6.45, 7) is 0.131. The first kappa shape index (κ1) is 24.5. The van der Waals surface area contributed by atoms with E-state index in [0.29, 0.717) is 24.9 Å². The van der Waals surface area contributed by atoms with Crippen molar-refractivity contribution in [2.45, 2.75) is 26.7 Å². The molecule has 32 heavy (non-hydrogen) atoms. The molecule has 0 aromatic carbocycles. The third-order valence-electron chi connectivity index (χ3n) is 4.11. The van der Waals surface area contributed by atoms with E-state index < -0.39 is 21.7 Å². The van der Waals surface area contributed by atoms with Gasteiger partial charge in [-0.05, 0) is 45.9 Å². The van der Waals surface area contributed by atoms with Crippen LogP contribution in [0, 0.1) is 5.41 Å². The predicted molar refractivity (Wildman–Crippen MR) is 121 cm³/mol. The average molecular weight is 566 g/mol. The van der Waals surface area contributed by atoms with E-state index in [4.69, 9.17) is 11.1 Å². The fourth-order valence-corrected chi connectivity index (χ4v) is 6.99. The average Bonchev–Trinajstić information content (AvgIpc) is 3.18. The minimum absolute atomic E-state index is 0.0467. The van der Waals surface area contributed by atoms with E-state index in [1.54, 1.807) is 6.26 Å². The zero-order chi connectivity index (χ0) is 23.7. The first-order chi connectivity index (χ1) is 14.9. The molecule has 0 unspecified atom stereocenters. The molecule has 4 N–H and O–H groups in total. The Balaban J connectivity index is 1.81. The van der Waals surface area contributed by atoms with Crippen LogP contribution >= 0.6 is 39.0 Å². The summed E-state index contributed by atoms with van der Waals surface area (Å²) in [5.41, 5.74) is 4.99. The zero-order valence-corrected chi connectivity index (χ0v) is 20.2. The monoisotopic (exact) mass is 565 g/mol. The third-order valence-corrected chi connectivity index (χ3v) is 9.02. The van der Waals surface area contributed by atoms with Crippen molar-refractivity contribution in [1.82, 2.24) is 9.97 Å². The van der Waals surface area contributed by atoms with Gasteiger partial charge in [0, 0.05) is 18.9 Å². The summed E-state index contributed by atoms with van der Waals surface area (Å²) >= 11 is 5.63. The molecular formula is C18H15BrF3N5O2S3. The fourth-order valence-electron chi connectivity index (χ4n) is 2.53. The van der Waals surface area contributed by atoms with Crippen LogP contribution in [0.2, 0.25) is 0 Å². The quantitative estimate of drug-likeness (QED) is 0.214. The number of thiophene rings is 1. The molecule has 0 fully saturated rings. The van der Waals surface area contributed by atoms with Gasteiger partial charge in [-0.15, -0.1) is 23.1 Å². The summed E-state index contributed by atoms with van der Waals surface area (Å²) in [6.07, 6.45) is -0.494. The molecule has 0 amide bonds. The Morgan fingerprint density at radius 1 is 1.28 bits per heavy atom. The van der Waals surface area contributed by atoms with Crippen LogP contribution in [0.25, 0.3) is 0 Å². The molecule has 0 saturated carbocycles. The van der Waals surface area contributed by atoms with Crippen LogP contribution in [0.5, 0.6) is 0 Å². The van der Waals surface area contributed by atoms with Crippen LogP contribution < -0.4 is 11.1 Å². The lowest BCUT2D eigenvalue weighted by molar-refractivity contribution is -0.141. The molecule has 3 aromatic heterocycles. The van der Waals surface area contributed by atoms with Gasteiger partial charge in [0.2, 0.25) is 9.84 Å². The van der Waals surface area contributed by atoms with Gasteiger partial charge in [0.05, 0.1) is 23.4 Å². The molecule has 14 heteroatoms. The van der Waals surface area contributed by atoms with Crippen molar-refractivity contribution in [1.29, 1.82) is 5.41 Å². The van der Waals surface area contributed by atoms with Crippen LogP contribution in [-0.2, 0) is 22.6 Å². The van der Waals surface area contributed by atoms with Crippen molar-refractivity contribution in [3.8, 4) is 0 Å². The van der Waals surface area contributed by atoms with Crippen LogP contribution in [0.15, 0.2) is 55.1 Å². The summed E-state index contributed by atoms with van der Waals surface area (Å²) in [6, 6.07) is 4.92. The second kappa shape index (κ2) is 9.37. The van der Waals surface area contributed by atoms with Crippen LogP contribution in [0.1, 0.15) is 16.1 Å². The SMILES string of the molecule is CSc1sc(C(=N)N)cc1S(=O)(=O)c1cnc(NCc2ccc(C(F)(F)F)nc2)c(Br)c1. The van der Waals surface area contributed by atoms with E-state index in [-0.39, 0.29) is 22.2 Å². The number of nitrogens with two attached hydrogens (primary N) is 1. The summed E-state index contributed by atoms with van der Waals surface area (Å²) in [5.74, 6) is 0.0899. The van der Waals surface area contributed by atoms with Crippen molar-refractivity contribution in [3.05, 3.63) is 57.3 Å². The van der Waals surface area contributed by atoms with Gasteiger partial charge in [-0.25, -0.2) is 13.4 Å². The molecule has 0 aliphatic heterocycles. The van der Waals surface area contributed by atoms with Gasteiger partial charge in [0.25, 0.3) is 0 Å². The van der Waals surface area contributed by atoms with Gasteiger partial charge < -0.3 is 11.1 Å². The first-order valence-electron chi connectivity index (χ1n) is 8.62. The van der Waals surface area contributed by atoms with Crippen molar-refractivity contribution < 1.29 is 21.6 Å². The molecule has 0 radical (unpaired) electrons. The number of hydrogen-bond acceptors (Lipinski definition) is 8. The molecular weight excluding hydrogens is 551 g/mol. The number of hydrogen-bond donors (Lipinski definition) is 3. The molecule has 7 nitrogen and oxygen atoms in total. The maximum absolute atomic E-state index is 13.1. The summed E-state index contributed by atoms with van der Waals surface area (Å²) in [4.78, 5) is 7.86. The van der Waals surface area contributed by atoms with Crippen molar-refractivity contribution in [2.24, 2.45) is 5.73 Å². The highest BCUT2D eigenvalue weighted by atomic mass is 79.9. The van der Waals surface area contributed by atoms with E-state index in [9.17, 15) is 21.6 Å². The fraction of sp³-hybridized carbons (Fsp3) is 0.167. The molecule has 170 valence electrons. The molecule has 3 aromatic rings. The van der Waals surface area contributed by atoms with E-state index in [0.717, 1.165) is 23.6 Å². The normalized spacial score (nSPS) is 12.0. The summed E-state index contributed by atoms with van der Waals surface area (Å²) in [5, 5.41) is 10.5. The molecule has 0 aliphatic rings. The number of sulfone groups is 1. The second-order valence-electron chi connectivity index (χ2n) is 6.29. The Hall–Kier alpha value is -2.16. The minimum atomic E-state index is -4.51. The number of halogens is 4. The van der Waals surface area contributed by atoms with Crippen LogP contribution in [0.3, 0.4) is 0 Å². The molecule has 0 saturated heterocycles. The topological polar surface area (TPSA) is 122 Å². The third kappa shape index (κ3) is 5.24. The van der Waals surface area contributed by atoms with Crippen molar-refractivity contribution >= 4 is 60.5 Å². The van der Waals surface area contributed by atoms with Crippen molar-refractivity contribution in [3.63, 3.8) is 0 Å². The van der Waals surface area contributed by atoms with Crippen LogP contribution in [0.4, 0.5) is 19.0 Å². The highest BCUT2D eigenvalue weighted by Crippen LogP contribution is 2.37. The van der Waals surface area contributed by atoms with Gasteiger partial charge in [0.15, 0.2) is 0 Å². The smallest absolute Gasteiger partial charge is 0.383 e. The van der Waals surface area contributed by atoms with E-state index >= 15 is 0 Å². The van der Waals surface area contributed by atoms with E-state index in [1.165, 1.54) is 36.2 Å². The van der Waals surface area contributed by atoms with Crippen LogP contribution in [-0.4, -0.2) is 30.5 Å². The Morgan fingerprint density at radius 2 is 2.00 bits per heavy atom. The number of nitrogens with zero attached hydrogens (tertiary/aromatic N) is 2. The highest BCUT2D eigenvalue weighted by Gasteiger charge is 2.32. The lowest BCUT2D eigenvalue weighted by atomic mass is 10.2. The number of nitrogens with one attached hydrogen (secondary N) is 2. The van der Waals surface area contributed by atoms with Gasteiger partial charge in [0.1, 0.15) is 17.3 Å². The van der Waals surface area contributed by atoms with Gasteiger partial charge in [-0.2, -0.15) is 13.2 Å². The largest absolute Gasteiger partial charge is 0.433 e. The van der Waals surface area contributed by atoms with Gasteiger partial charge in [-0.3, -0.25) is 10.4 Å². The second-order valence-corrected chi connectivity index (χ2v) is 11.2. The summed E-state index contributed by atoms with van der Waals surface area (Å²) < 4.78 is 64.9. The number of anilines is 1. The Labute approximate surface area is 198 Å². The zero-order valence-electron chi connectivity index (χ0n) is 16.2. The molecule has 3 rings (SSSR count). The molecule has 0 aliphatic carbocycles. The van der Waals surface area contributed by atoms with Gasteiger partial charge in [-0.1, -0.05) is 6.07 Å². The molecule has 0 atom stereocenters. The number of alkyl halides is 3. The number of aromatic nitrogens is 2. The minimum Gasteiger partial charge on any atom is -0.383 e. The molecule has 0 spiro atoms.